The molecule has 7 aliphatic heterocycles. The Labute approximate surface area is 509 Å². The van der Waals surface area contributed by atoms with Crippen LogP contribution in [0.1, 0.15) is 20.8 Å². The van der Waals surface area contributed by atoms with E-state index >= 15 is 0 Å². The standard InChI is InChI=1S/C48H73N3O40/c1-7(55)49-13-28(83-46-25(67)19(61)20(62)34(89-46)38(70)71)16(58)10(4-52)80-44(13)87-32-22(64)27(69)48(91-36(32)40(74)75)85-30-15(51-9(3)57)45(81-12(6-54)18(30)60)88-33-23(65)26(68)47(90-37(33)41(76)77)84-29-14(50-8(2)56)43(79-11(5-53)17(29)59)86-31-21(63)24(66)42(78)82-35(31)39(72)73/h10-37,42-48,52-54,58-69,78H,4-6H2,1-3H3,(H,49,55)(H,50,56)(H,51,57)(H,70,71)(H,72,73)(H,74,75)(H,76,77)/t10-,11-,12-,13-,14-,15-,16-,17-,18-,19+,20+,21-,22-,23-,24-,25-,26-,27-,28-,29-,30-,31+,32+,33+,34+,35+,36+,37+,42-,43+,44+,45+,46-,47-,48-/m1/s1. The summed E-state index contributed by atoms with van der Waals surface area (Å²) in [4.78, 5) is 88.1. The van der Waals surface area contributed by atoms with E-state index in [-0.39, 0.29) is 0 Å². The first kappa shape index (κ1) is 73.5. The second-order valence-corrected chi connectivity index (χ2v) is 21.9. The minimum absolute atomic E-state index is 0.850. The van der Waals surface area contributed by atoms with Crippen LogP contribution in [0, 0.1) is 0 Å². The maximum absolute atomic E-state index is 13.0. The van der Waals surface area contributed by atoms with Crippen LogP contribution in [0.3, 0.4) is 0 Å². The van der Waals surface area contributed by atoms with E-state index in [0.717, 1.165) is 20.8 Å². The summed E-state index contributed by atoms with van der Waals surface area (Å²) >= 11 is 0. The number of aliphatic hydroxyl groups is 16. The molecule has 0 aromatic carbocycles. The van der Waals surface area contributed by atoms with E-state index in [4.69, 9.17) is 61.6 Å². The average Bonchev–Trinajstić information content (AvgIpc) is 0.809. The number of carbonyl (C=O) groups is 7. The minimum atomic E-state index is -2.59. The van der Waals surface area contributed by atoms with E-state index in [9.17, 15) is 136 Å². The summed E-state index contributed by atoms with van der Waals surface area (Å²) in [6, 6.07) is -6.02. The van der Waals surface area contributed by atoms with Gasteiger partial charge in [-0.2, -0.15) is 0 Å². The van der Waals surface area contributed by atoms with Crippen LogP contribution in [0.25, 0.3) is 0 Å². The first-order valence-electron chi connectivity index (χ1n) is 27.6. The Balaban J connectivity index is 1.12. The minimum Gasteiger partial charge on any atom is -0.479 e. The van der Waals surface area contributed by atoms with Crippen LogP contribution in [0.2, 0.25) is 0 Å². The van der Waals surface area contributed by atoms with Gasteiger partial charge in [0.1, 0.15) is 146 Å². The van der Waals surface area contributed by atoms with E-state index < -0.39 is 276 Å². The predicted molar refractivity (Wildman–Crippen MR) is 269 cm³/mol. The number of ether oxygens (including phenoxy) is 13. The van der Waals surface area contributed by atoms with Gasteiger partial charge in [-0.05, 0) is 0 Å². The lowest BCUT2D eigenvalue weighted by molar-refractivity contribution is -0.379. The Hall–Kier alpha value is -4.87. The topological polar surface area (TPSA) is 680 Å². The van der Waals surface area contributed by atoms with Gasteiger partial charge in [0.15, 0.2) is 68.4 Å². The van der Waals surface area contributed by atoms with Gasteiger partial charge in [0.25, 0.3) is 0 Å². The Morgan fingerprint density at radius 1 is 0.297 bits per heavy atom. The summed E-state index contributed by atoms with van der Waals surface area (Å²) in [6.45, 7) is -0.881. The van der Waals surface area contributed by atoms with Gasteiger partial charge in [-0.3, -0.25) is 14.4 Å². The first-order chi connectivity index (χ1) is 42.7. The number of aliphatic hydroxyl groups excluding tert-OH is 16. The molecule has 0 spiro atoms. The van der Waals surface area contributed by atoms with Crippen molar-refractivity contribution in [2.75, 3.05) is 19.8 Å². The smallest absolute Gasteiger partial charge is 0.335 e. The lowest BCUT2D eigenvalue weighted by atomic mass is 9.93. The molecule has 7 heterocycles. The summed E-state index contributed by atoms with van der Waals surface area (Å²) in [6.07, 6.45) is -73.1. The van der Waals surface area contributed by atoms with Crippen molar-refractivity contribution in [1.82, 2.24) is 16.0 Å². The van der Waals surface area contributed by atoms with Crippen LogP contribution < -0.4 is 16.0 Å². The first-order valence-corrected chi connectivity index (χ1v) is 27.6. The number of aliphatic carboxylic acids is 4. The SMILES string of the molecule is CC(=O)N[C@H]1[C@H](O[C@H]2[C@H](O)[C@@H](O)[C@H](O[C@H]3[C@H](O)[C@@H](CO)O[C@@H](O[C@H]4[C@H](O)[C@@H](O)[C@H](O[C@H]5[C@H](O)[C@@H](CO)O[C@@H](O[C@H]6[C@H](O)[C@@H](O)[C@H](O)O[C@@H]6C(=O)O)[C@@H]5NC(C)=O)O[C@@H]4C(=O)O)[C@@H]3NC(C)=O)O[C@@H]2C(=O)O)O[C@H](CO)[C@@H](O)[C@@H]1O[C@@H]1O[C@H](C(=O)O)[C@@H](O)[C@H](O)[C@H]1O. The highest BCUT2D eigenvalue weighted by Gasteiger charge is 2.61. The molecule has 0 aliphatic carbocycles. The van der Waals surface area contributed by atoms with E-state index in [1.165, 1.54) is 0 Å². The number of amides is 3. The molecule has 7 saturated heterocycles. The van der Waals surface area contributed by atoms with Gasteiger partial charge in [0.2, 0.25) is 17.7 Å². The molecule has 0 radical (unpaired) electrons. The highest BCUT2D eigenvalue weighted by molar-refractivity contribution is 5.76. The largest absolute Gasteiger partial charge is 0.479 e. The van der Waals surface area contributed by atoms with E-state index in [1.807, 2.05) is 0 Å². The molecule has 520 valence electrons. The monoisotopic (exact) mass is 1330 g/mol. The Bertz CT molecular complexity index is 2530. The molecule has 23 N–H and O–H groups in total. The second-order valence-electron chi connectivity index (χ2n) is 21.9. The van der Waals surface area contributed by atoms with Gasteiger partial charge >= 0.3 is 23.9 Å². The molecule has 0 unspecified atom stereocenters. The van der Waals surface area contributed by atoms with Crippen molar-refractivity contribution in [3.05, 3.63) is 0 Å². The average molecular weight is 1330 g/mol. The maximum Gasteiger partial charge on any atom is 0.335 e. The number of carboxylic acid groups (broad SMARTS) is 4. The third-order valence-corrected chi connectivity index (χ3v) is 15.6. The molecule has 35 atom stereocenters. The van der Waals surface area contributed by atoms with Crippen molar-refractivity contribution in [2.24, 2.45) is 0 Å². The lowest BCUT2D eigenvalue weighted by Crippen LogP contribution is -2.71. The number of rotatable bonds is 22. The highest BCUT2D eigenvalue weighted by Crippen LogP contribution is 2.38. The van der Waals surface area contributed by atoms with Crippen LogP contribution in [0.15, 0.2) is 0 Å². The normalized spacial score (nSPS) is 47.1. The van der Waals surface area contributed by atoms with Crippen LogP contribution in [0.5, 0.6) is 0 Å². The van der Waals surface area contributed by atoms with Crippen molar-refractivity contribution in [3.8, 4) is 0 Å². The van der Waals surface area contributed by atoms with E-state index in [0.29, 0.717) is 0 Å². The number of hydrogen-bond donors (Lipinski definition) is 23. The maximum atomic E-state index is 13.0. The van der Waals surface area contributed by atoms with E-state index in [2.05, 4.69) is 16.0 Å². The Morgan fingerprint density at radius 2 is 0.549 bits per heavy atom. The molecule has 0 bridgehead atoms. The van der Waals surface area contributed by atoms with Gasteiger partial charge < -0.3 is 180 Å². The fourth-order valence-corrected chi connectivity index (χ4v) is 11.1. The molecule has 7 fully saturated rings. The highest BCUT2D eigenvalue weighted by atomic mass is 16.8. The number of hydrogen-bond acceptors (Lipinski definition) is 36. The quantitative estimate of drug-likeness (QED) is 0.0479. The zero-order chi connectivity index (χ0) is 67.7. The van der Waals surface area contributed by atoms with E-state index in [1.54, 1.807) is 0 Å². The van der Waals surface area contributed by atoms with Gasteiger partial charge in [0.05, 0.1) is 19.8 Å². The summed E-state index contributed by atoms with van der Waals surface area (Å²) < 4.78 is 72.5. The number of carbonyl (C=O) groups excluding carboxylic acids is 3. The van der Waals surface area contributed by atoms with Gasteiger partial charge in [-0.25, -0.2) is 19.2 Å². The molecule has 7 aliphatic rings. The zero-order valence-electron chi connectivity index (χ0n) is 47.4. The molecule has 91 heavy (non-hydrogen) atoms. The number of carboxylic acids is 4. The Morgan fingerprint density at radius 3 is 0.824 bits per heavy atom. The van der Waals surface area contributed by atoms with Crippen LogP contribution in [-0.4, -0.2) is 378 Å². The molecule has 0 aromatic heterocycles. The fraction of sp³-hybridized carbons (Fsp3) is 0.854. The van der Waals surface area contributed by atoms with Crippen molar-refractivity contribution in [1.29, 1.82) is 0 Å². The molecule has 7 rings (SSSR count). The van der Waals surface area contributed by atoms with Gasteiger partial charge in [-0.1, -0.05) is 0 Å². The van der Waals surface area contributed by atoms with Gasteiger partial charge in [-0.15, -0.1) is 0 Å². The summed E-state index contributed by atoms with van der Waals surface area (Å²) in [5, 5.41) is 221. The molecule has 3 amide bonds. The molecule has 43 nitrogen and oxygen atoms in total. The summed E-state index contributed by atoms with van der Waals surface area (Å²) in [5.74, 6) is -10.9. The van der Waals surface area contributed by atoms with Crippen LogP contribution in [0.4, 0.5) is 0 Å². The molecular formula is C48H73N3O40. The van der Waals surface area contributed by atoms with Crippen LogP contribution in [-0.2, 0) is 95.1 Å². The second kappa shape index (κ2) is 30.7. The predicted octanol–water partition coefficient (Wildman–Crippen LogP) is -15.5. The van der Waals surface area contributed by atoms with Crippen molar-refractivity contribution < 1.29 is 197 Å². The van der Waals surface area contributed by atoms with Gasteiger partial charge in [0, 0.05) is 20.8 Å². The van der Waals surface area contributed by atoms with Crippen molar-refractivity contribution in [2.45, 2.75) is 236 Å². The summed E-state index contributed by atoms with van der Waals surface area (Å²) in [5.41, 5.74) is 0. The lowest BCUT2D eigenvalue weighted by Gasteiger charge is -2.51. The van der Waals surface area contributed by atoms with Crippen molar-refractivity contribution in [3.63, 3.8) is 0 Å². The molecule has 0 aromatic rings. The van der Waals surface area contributed by atoms with Crippen LogP contribution >= 0.6 is 0 Å². The molecule has 43 heteroatoms. The number of nitrogens with one attached hydrogen (secondary N) is 3. The summed E-state index contributed by atoms with van der Waals surface area (Å²) in [7, 11) is 0. The van der Waals surface area contributed by atoms with Crippen molar-refractivity contribution >= 4 is 41.6 Å². The fourth-order valence-electron chi connectivity index (χ4n) is 11.1. The third-order valence-electron chi connectivity index (χ3n) is 15.6. The third kappa shape index (κ3) is 15.8. The molecule has 0 saturated carbocycles. The zero-order valence-corrected chi connectivity index (χ0v) is 47.4. The molecular weight excluding hydrogens is 1260 g/mol. The Kier molecular flexibility index (Phi) is 24.8.